The number of hydrogen-bond donors (Lipinski definition) is 0. The van der Waals surface area contributed by atoms with E-state index in [1.165, 1.54) is 0 Å². The number of hydrogen-bond acceptors (Lipinski definition) is 2. The van der Waals surface area contributed by atoms with Crippen LogP contribution >= 0.6 is 0 Å². The summed E-state index contributed by atoms with van der Waals surface area (Å²) in [6.45, 7) is 7.20. The maximum absolute atomic E-state index is 11.7. The van der Waals surface area contributed by atoms with E-state index in [0.717, 1.165) is 25.8 Å². The minimum atomic E-state index is 0.0815. The molecule has 2 atom stereocenters. The largest absolute Gasteiger partial charge is 0.335 e. The molecule has 0 N–H and O–H groups in total. The minimum absolute atomic E-state index is 0.0815. The second kappa shape index (κ2) is 6.02. The van der Waals surface area contributed by atoms with Crippen molar-refractivity contribution in [3.05, 3.63) is 0 Å². The summed E-state index contributed by atoms with van der Waals surface area (Å²) >= 11 is 0. The van der Waals surface area contributed by atoms with Crippen LogP contribution in [0.1, 0.15) is 46.5 Å². The van der Waals surface area contributed by atoms with Gasteiger partial charge in [0, 0.05) is 18.9 Å². The molecular formula is C13H23NO2. The summed E-state index contributed by atoms with van der Waals surface area (Å²) in [4.78, 5) is 25.2. The van der Waals surface area contributed by atoms with Crippen molar-refractivity contribution in [1.29, 1.82) is 0 Å². The van der Waals surface area contributed by atoms with E-state index in [1.807, 2.05) is 13.8 Å². The van der Waals surface area contributed by atoms with Crippen molar-refractivity contribution >= 4 is 11.7 Å². The van der Waals surface area contributed by atoms with Gasteiger partial charge < -0.3 is 4.90 Å². The van der Waals surface area contributed by atoms with Gasteiger partial charge in [-0.25, -0.2) is 0 Å². The van der Waals surface area contributed by atoms with Crippen LogP contribution in [0.3, 0.4) is 0 Å². The SMILES string of the molecule is CCCC1CC(=O)N(CC(=O)C(C)CC)C1. The van der Waals surface area contributed by atoms with Gasteiger partial charge >= 0.3 is 0 Å². The Hall–Kier alpha value is -0.860. The van der Waals surface area contributed by atoms with Gasteiger partial charge in [-0.1, -0.05) is 27.2 Å². The number of likely N-dealkylation sites (tertiary alicyclic amines) is 1. The van der Waals surface area contributed by atoms with Crippen LogP contribution in [0, 0.1) is 11.8 Å². The highest BCUT2D eigenvalue weighted by atomic mass is 16.2. The number of carbonyl (C=O) groups excluding carboxylic acids is 2. The fraction of sp³-hybridized carbons (Fsp3) is 0.846. The van der Waals surface area contributed by atoms with Gasteiger partial charge in [-0.2, -0.15) is 0 Å². The highest BCUT2D eigenvalue weighted by molar-refractivity contribution is 5.88. The Morgan fingerprint density at radius 3 is 2.75 bits per heavy atom. The van der Waals surface area contributed by atoms with Crippen molar-refractivity contribution < 1.29 is 9.59 Å². The summed E-state index contributed by atoms with van der Waals surface area (Å²) < 4.78 is 0. The molecule has 3 heteroatoms. The third kappa shape index (κ3) is 3.32. The Morgan fingerprint density at radius 1 is 1.50 bits per heavy atom. The second-order valence-electron chi connectivity index (χ2n) is 4.91. The Balaban J connectivity index is 2.44. The Bertz CT molecular complexity index is 263. The van der Waals surface area contributed by atoms with Crippen molar-refractivity contribution in [2.45, 2.75) is 46.5 Å². The standard InChI is InChI=1S/C13H23NO2/c1-4-6-11-7-13(16)14(8-11)9-12(15)10(3)5-2/h10-11H,4-9H2,1-3H3. The molecule has 16 heavy (non-hydrogen) atoms. The Labute approximate surface area is 98.2 Å². The zero-order valence-corrected chi connectivity index (χ0v) is 10.7. The first-order valence-corrected chi connectivity index (χ1v) is 6.38. The van der Waals surface area contributed by atoms with E-state index in [1.54, 1.807) is 4.90 Å². The summed E-state index contributed by atoms with van der Waals surface area (Å²) in [6, 6.07) is 0. The van der Waals surface area contributed by atoms with Crippen LogP contribution in [-0.4, -0.2) is 29.7 Å². The summed E-state index contributed by atoms with van der Waals surface area (Å²) in [7, 11) is 0. The van der Waals surface area contributed by atoms with E-state index < -0.39 is 0 Å². The highest BCUT2D eigenvalue weighted by Gasteiger charge is 2.30. The molecule has 0 aromatic rings. The molecule has 0 bridgehead atoms. The van der Waals surface area contributed by atoms with Crippen LogP contribution in [0.2, 0.25) is 0 Å². The van der Waals surface area contributed by atoms with Crippen LogP contribution in [0.15, 0.2) is 0 Å². The van der Waals surface area contributed by atoms with E-state index in [9.17, 15) is 9.59 Å². The van der Waals surface area contributed by atoms with Crippen molar-refractivity contribution in [3.8, 4) is 0 Å². The molecule has 0 aliphatic carbocycles. The predicted octanol–water partition coefficient (Wildman–Crippen LogP) is 2.25. The third-order valence-corrected chi connectivity index (χ3v) is 3.50. The second-order valence-corrected chi connectivity index (χ2v) is 4.91. The third-order valence-electron chi connectivity index (χ3n) is 3.50. The number of rotatable bonds is 6. The van der Waals surface area contributed by atoms with Crippen molar-refractivity contribution in [1.82, 2.24) is 4.90 Å². The molecule has 0 spiro atoms. The van der Waals surface area contributed by atoms with Gasteiger partial charge in [-0.15, -0.1) is 0 Å². The van der Waals surface area contributed by atoms with E-state index in [0.29, 0.717) is 18.9 Å². The van der Waals surface area contributed by atoms with Crippen LogP contribution in [0.25, 0.3) is 0 Å². The highest BCUT2D eigenvalue weighted by Crippen LogP contribution is 2.22. The van der Waals surface area contributed by atoms with E-state index >= 15 is 0 Å². The van der Waals surface area contributed by atoms with Crippen molar-refractivity contribution in [2.24, 2.45) is 11.8 Å². The summed E-state index contributed by atoms with van der Waals surface area (Å²) in [6.07, 6.45) is 3.71. The van der Waals surface area contributed by atoms with Gasteiger partial charge in [0.15, 0.2) is 5.78 Å². The normalized spacial score (nSPS) is 22.6. The molecule has 1 aliphatic rings. The first-order valence-electron chi connectivity index (χ1n) is 6.38. The van der Waals surface area contributed by atoms with Gasteiger partial charge in [0.25, 0.3) is 0 Å². The monoisotopic (exact) mass is 225 g/mol. The number of ketones is 1. The molecule has 92 valence electrons. The molecule has 0 aromatic heterocycles. The maximum Gasteiger partial charge on any atom is 0.223 e. The minimum Gasteiger partial charge on any atom is -0.335 e. The Kier molecular flexibility index (Phi) is 4.97. The molecule has 1 saturated heterocycles. The average Bonchev–Trinajstić information content (AvgIpc) is 2.58. The van der Waals surface area contributed by atoms with Crippen molar-refractivity contribution in [2.75, 3.05) is 13.1 Å². The molecule has 2 unspecified atom stereocenters. The van der Waals surface area contributed by atoms with E-state index in [2.05, 4.69) is 6.92 Å². The molecule has 0 saturated carbocycles. The summed E-state index contributed by atoms with van der Waals surface area (Å²) in [5.74, 6) is 0.920. The van der Waals surface area contributed by atoms with Crippen LogP contribution < -0.4 is 0 Å². The zero-order chi connectivity index (χ0) is 12.1. The molecule has 1 heterocycles. The van der Waals surface area contributed by atoms with Gasteiger partial charge in [0.2, 0.25) is 5.91 Å². The van der Waals surface area contributed by atoms with Gasteiger partial charge in [-0.05, 0) is 18.8 Å². The number of Topliss-reactive ketones (excluding diaryl/α,β-unsaturated/α-hetero) is 1. The van der Waals surface area contributed by atoms with Crippen molar-refractivity contribution in [3.63, 3.8) is 0 Å². The van der Waals surface area contributed by atoms with E-state index in [-0.39, 0.29) is 17.6 Å². The smallest absolute Gasteiger partial charge is 0.223 e. The van der Waals surface area contributed by atoms with Gasteiger partial charge in [0.05, 0.1) is 6.54 Å². The lowest BCUT2D eigenvalue weighted by atomic mass is 10.0. The molecule has 0 radical (unpaired) electrons. The molecule has 1 fully saturated rings. The average molecular weight is 225 g/mol. The molecule has 0 aromatic carbocycles. The fourth-order valence-electron chi connectivity index (χ4n) is 2.18. The maximum atomic E-state index is 11.7. The summed E-state index contributed by atoms with van der Waals surface area (Å²) in [5, 5.41) is 0. The van der Waals surface area contributed by atoms with Crippen LogP contribution in [-0.2, 0) is 9.59 Å². The van der Waals surface area contributed by atoms with Crippen LogP contribution in [0.5, 0.6) is 0 Å². The molecule has 3 nitrogen and oxygen atoms in total. The van der Waals surface area contributed by atoms with Crippen LogP contribution in [0.4, 0.5) is 0 Å². The molecular weight excluding hydrogens is 202 g/mol. The number of nitrogens with zero attached hydrogens (tertiary/aromatic N) is 1. The quantitative estimate of drug-likeness (QED) is 0.695. The molecule has 1 amide bonds. The molecule has 1 rings (SSSR count). The van der Waals surface area contributed by atoms with Gasteiger partial charge in [-0.3, -0.25) is 9.59 Å². The molecule has 1 aliphatic heterocycles. The van der Waals surface area contributed by atoms with E-state index in [4.69, 9.17) is 0 Å². The Morgan fingerprint density at radius 2 is 2.19 bits per heavy atom. The first kappa shape index (κ1) is 13.2. The topological polar surface area (TPSA) is 37.4 Å². The number of amides is 1. The lowest BCUT2D eigenvalue weighted by molar-refractivity contribution is -0.133. The predicted molar refractivity (Wildman–Crippen MR) is 64.1 cm³/mol. The zero-order valence-electron chi connectivity index (χ0n) is 10.7. The number of carbonyl (C=O) groups is 2. The lowest BCUT2D eigenvalue weighted by Crippen LogP contribution is -2.33. The first-order chi connectivity index (χ1) is 7.58. The lowest BCUT2D eigenvalue weighted by Gasteiger charge is -2.17. The fourth-order valence-corrected chi connectivity index (χ4v) is 2.18. The van der Waals surface area contributed by atoms with Gasteiger partial charge in [0.1, 0.15) is 0 Å². The summed E-state index contributed by atoms with van der Waals surface area (Å²) in [5.41, 5.74) is 0.